The second kappa shape index (κ2) is 5.97. The molecule has 3 rings (SSSR count). The summed E-state index contributed by atoms with van der Waals surface area (Å²) < 4.78 is 0.916. The van der Waals surface area contributed by atoms with E-state index in [9.17, 15) is 0 Å². The molecule has 2 aromatic rings. The van der Waals surface area contributed by atoms with E-state index in [1.165, 1.54) is 18.4 Å². The molecule has 0 aromatic heterocycles. The third-order valence-corrected chi connectivity index (χ3v) is 5.05. The molecule has 1 fully saturated rings. The fraction of sp³-hybridized carbons (Fsp3) is 0.250. The third kappa shape index (κ3) is 3.30. The van der Waals surface area contributed by atoms with Crippen LogP contribution in [0.2, 0.25) is 10.0 Å². The highest BCUT2D eigenvalue weighted by atomic mass is 79.9. The highest BCUT2D eigenvalue weighted by Crippen LogP contribution is 2.43. The SMILES string of the molecule is Clc1ccc(C(Nc2ccc(Br)c(Cl)c2)C2CC2)cc1. The van der Waals surface area contributed by atoms with Crippen LogP contribution in [0.1, 0.15) is 24.4 Å². The van der Waals surface area contributed by atoms with Crippen LogP contribution in [-0.4, -0.2) is 0 Å². The molecule has 1 aliphatic carbocycles. The van der Waals surface area contributed by atoms with E-state index in [-0.39, 0.29) is 0 Å². The molecule has 1 saturated carbocycles. The molecule has 0 bridgehead atoms. The van der Waals surface area contributed by atoms with Crippen molar-refractivity contribution in [3.8, 4) is 0 Å². The summed E-state index contributed by atoms with van der Waals surface area (Å²) in [6, 6.07) is 14.4. The Balaban J connectivity index is 1.84. The van der Waals surface area contributed by atoms with Crippen molar-refractivity contribution in [1.82, 2.24) is 0 Å². The monoisotopic (exact) mass is 369 g/mol. The van der Waals surface area contributed by atoms with Crippen LogP contribution in [0.4, 0.5) is 5.69 Å². The van der Waals surface area contributed by atoms with E-state index in [2.05, 4.69) is 33.4 Å². The van der Waals surface area contributed by atoms with Crippen molar-refractivity contribution in [2.45, 2.75) is 18.9 Å². The smallest absolute Gasteiger partial charge is 0.0568 e. The molecule has 1 N–H and O–H groups in total. The molecule has 0 saturated heterocycles. The molecule has 1 nitrogen and oxygen atoms in total. The minimum absolute atomic E-state index is 0.324. The largest absolute Gasteiger partial charge is 0.378 e. The van der Waals surface area contributed by atoms with Gasteiger partial charge in [-0.25, -0.2) is 0 Å². The Bertz CT molecular complexity index is 608. The number of anilines is 1. The number of hydrogen-bond donors (Lipinski definition) is 1. The summed E-state index contributed by atoms with van der Waals surface area (Å²) in [7, 11) is 0. The lowest BCUT2D eigenvalue weighted by molar-refractivity contribution is 0.679. The van der Waals surface area contributed by atoms with Gasteiger partial charge in [0.15, 0.2) is 0 Å². The van der Waals surface area contributed by atoms with Gasteiger partial charge in [-0.2, -0.15) is 0 Å². The Morgan fingerprint density at radius 3 is 2.35 bits per heavy atom. The third-order valence-electron chi connectivity index (χ3n) is 3.56. The van der Waals surface area contributed by atoms with Crippen LogP contribution in [-0.2, 0) is 0 Å². The summed E-state index contributed by atoms with van der Waals surface area (Å²) in [4.78, 5) is 0. The van der Waals surface area contributed by atoms with E-state index >= 15 is 0 Å². The normalized spacial score (nSPS) is 15.9. The van der Waals surface area contributed by atoms with E-state index in [1.807, 2.05) is 30.3 Å². The highest BCUT2D eigenvalue weighted by molar-refractivity contribution is 9.10. The average Bonchev–Trinajstić information content (AvgIpc) is 3.26. The summed E-state index contributed by atoms with van der Waals surface area (Å²) in [5, 5.41) is 5.09. The lowest BCUT2D eigenvalue weighted by Crippen LogP contribution is -2.12. The quantitative estimate of drug-likeness (QED) is 0.663. The van der Waals surface area contributed by atoms with E-state index in [0.717, 1.165) is 20.2 Å². The van der Waals surface area contributed by atoms with Gasteiger partial charge >= 0.3 is 0 Å². The zero-order valence-corrected chi connectivity index (χ0v) is 13.8. The second-order valence-corrected chi connectivity index (χ2v) is 6.84. The Labute approximate surface area is 137 Å². The van der Waals surface area contributed by atoms with Crippen LogP contribution in [0.25, 0.3) is 0 Å². The van der Waals surface area contributed by atoms with Gasteiger partial charge in [-0.1, -0.05) is 35.3 Å². The molecule has 2 aromatic carbocycles. The van der Waals surface area contributed by atoms with E-state index in [0.29, 0.717) is 12.0 Å². The molecule has 0 heterocycles. The Morgan fingerprint density at radius 2 is 1.75 bits per heavy atom. The van der Waals surface area contributed by atoms with Gasteiger partial charge < -0.3 is 5.32 Å². The molecule has 20 heavy (non-hydrogen) atoms. The summed E-state index contributed by atoms with van der Waals surface area (Å²) >= 11 is 15.5. The fourth-order valence-corrected chi connectivity index (χ4v) is 2.89. The van der Waals surface area contributed by atoms with E-state index in [4.69, 9.17) is 23.2 Å². The van der Waals surface area contributed by atoms with Crippen LogP contribution in [0, 0.1) is 5.92 Å². The molecular formula is C16H14BrCl2N. The molecule has 0 radical (unpaired) electrons. The maximum atomic E-state index is 6.15. The standard InChI is InChI=1S/C16H14BrCl2N/c17-14-8-7-13(9-15(14)19)20-16(10-1-2-10)11-3-5-12(18)6-4-11/h3-10,16,20H,1-2H2. The molecule has 4 heteroatoms. The average molecular weight is 371 g/mol. The van der Waals surface area contributed by atoms with Crippen LogP contribution in [0.5, 0.6) is 0 Å². The second-order valence-electron chi connectivity index (χ2n) is 5.14. The van der Waals surface area contributed by atoms with Gasteiger partial charge in [0.2, 0.25) is 0 Å². The fourth-order valence-electron chi connectivity index (χ4n) is 2.34. The minimum atomic E-state index is 0.324. The summed E-state index contributed by atoms with van der Waals surface area (Å²) in [6.45, 7) is 0. The first-order valence-corrected chi connectivity index (χ1v) is 8.15. The summed E-state index contributed by atoms with van der Waals surface area (Å²) in [5.74, 6) is 0.693. The van der Waals surface area contributed by atoms with Crippen molar-refractivity contribution < 1.29 is 0 Å². The predicted molar refractivity (Wildman–Crippen MR) is 89.7 cm³/mol. The number of rotatable bonds is 4. The van der Waals surface area contributed by atoms with Crippen LogP contribution in [0.15, 0.2) is 46.9 Å². The number of halogens is 3. The Hall–Kier alpha value is -0.700. The zero-order valence-electron chi connectivity index (χ0n) is 10.7. The molecule has 104 valence electrons. The maximum Gasteiger partial charge on any atom is 0.0568 e. The first kappa shape index (κ1) is 14.2. The van der Waals surface area contributed by atoms with Crippen LogP contribution < -0.4 is 5.32 Å². The molecule has 1 atom stereocenters. The Kier molecular flexibility index (Phi) is 4.25. The van der Waals surface area contributed by atoms with Crippen molar-refractivity contribution in [1.29, 1.82) is 0 Å². The summed E-state index contributed by atoms with van der Waals surface area (Å²) in [5.41, 5.74) is 2.32. The van der Waals surface area contributed by atoms with Crippen molar-refractivity contribution in [2.24, 2.45) is 5.92 Å². The first-order valence-electron chi connectivity index (χ1n) is 6.60. The van der Waals surface area contributed by atoms with E-state index < -0.39 is 0 Å². The van der Waals surface area contributed by atoms with Gasteiger partial charge in [-0.15, -0.1) is 0 Å². The Morgan fingerprint density at radius 1 is 1.05 bits per heavy atom. The molecule has 0 amide bonds. The maximum absolute atomic E-state index is 6.15. The van der Waals surface area contributed by atoms with Crippen molar-refractivity contribution in [2.75, 3.05) is 5.32 Å². The highest BCUT2D eigenvalue weighted by Gasteiger charge is 2.32. The molecule has 1 aliphatic rings. The molecular weight excluding hydrogens is 357 g/mol. The van der Waals surface area contributed by atoms with Crippen LogP contribution >= 0.6 is 39.1 Å². The topological polar surface area (TPSA) is 12.0 Å². The van der Waals surface area contributed by atoms with Gasteiger partial charge in [0.25, 0.3) is 0 Å². The lowest BCUT2D eigenvalue weighted by Gasteiger charge is -2.20. The van der Waals surface area contributed by atoms with E-state index in [1.54, 1.807) is 0 Å². The zero-order chi connectivity index (χ0) is 14.1. The van der Waals surface area contributed by atoms with Crippen molar-refractivity contribution in [3.63, 3.8) is 0 Å². The molecule has 0 aliphatic heterocycles. The lowest BCUT2D eigenvalue weighted by atomic mass is 10.0. The number of hydrogen-bond acceptors (Lipinski definition) is 1. The molecule has 1 unspecified atom stereocenters. The first-order chi connectivity index (χ1) is 9.63. The molecule has 0 spiro atoms. The minimum Gasteiger partial charge on any atom is -0.378 e. The number of nitrogens with one attached hydrogen (secondary N) is 1. The van der Waals surface area contributed by atoms with Crippen LogP contribution in [0.3, 0.4) is 0 Å². The van der Waals surface area contributed by atoms with Gasteiger partial charge in [0, 0.05) is 15.2 Å². The number of benzene rings is 2. The predicted octanol–water partition coefficient (Wildman–Crippen LogP) is 6.32. The van der Waals surface area contributed by atoms with Crippen molar-refractivity contribution >= 4 is 44.8 Å². The van der Waals surface area contributed by atoms with Gasteiger partial charge in [-0.05, 0) is 70.6 Å². The summed E-state index contributed by atoms with van der Waals surface area (Å²) in [6.07, 6.45) is 2.54. The van der Waals surface area contributed by atoms with Gasteiger partial charge in [-0.3, -0.25) is 0 Å². The van der Waals surface area contributed by atoms with Crippen molar-refractivity contribution in [3.05, 3.63) is 62.5 Å². The van der Waals surface area contributed by atoms with Gasteiger partial charge in [0.05, 0.1) is 11.1 Å². The van der Waals surface area contributed by atoms with Gasteiger partial charge in [0.1, 0.15) is 0 Å².